The van der Waals surface area contributed by atoms with Crippen LogP contribution < -0.4 is 10.0 Å². The summed E-state index contributed by atoms with van der Waals surface area (Å²) < 4.78 is 28.6. The van der Waals surface area contributed by atoms with Gasteiger partial charge in [0.2, 0.25) is 5.91 Å². The number of aryl methyl sites for hydroxylation is 2. The summed E-state index contributed by atoms with van der Waals surface area (Å²) in [5, 5.41) is 6.72. The van der Waals surface area contributed by atoms with Crippen molar-refractivity contribution in [1.82, 2.24) is 9.78 Å². The van der Waals surface area contributed by atoms with Crippen LogP contribution in [0.2, 0.25) is 10.2 Å². The summed E-state index contributed by atoms with van der Waals surface area (Å²) >= 11 is 12.0. The Balaban J connectivity index is 2.34. The predicted molar refractivity (Wildman–Crippen MR) is 89.5 cm³/mol. The minimum Gasteiger partial charge on any atom is -0.325 e. The molecule has 2 aromatic rings. The molecule has 124 valence electrons. The average Bonchev–Trinajstić information content (AvgIpc) is 2.66. The van der Waals surface area contributed by atoms with Crippen molar-refractivity contribution in [3.63, 3.8) is 0 Å². The first-order chi connectivity index (χ1) is 10.6. The fraction of sp³-hybridized carbons (Fsp3) is 0.231. The number of benzene rings is 1. The van der Waals surface area contributed by atoms with E-state index in [2.05, 4.69) is 15.1 Å². The zero-order valence-electron chi connectivity index (χ0n) is 12.5. The van der Waals surface area contributed by atoms with E-state index in [9.17, 15) is 13.2 Å². The van der Waals surface area contributed by atoms with E-state index in [0.29, 0.717) is 5.69 Å². The molecule has 1 amide bonds. The van der Waals surface area contributed by atoms with Crippen LogP contribution in [0.5, 0.6) is 0 Å². The molecule has 1 aromatic heterocycles. The van der Waals surface area contributed by atoms with Crippen LogP contribution >= 0.6 is 23.2 Å². The van der Waals surface area contributed by atoms with Crippen LogP contribution in [0, 0.1) is 6.92 Å². The number of hydrogen-bond acceptors (Lipinski definition) is 4. The largest absolute Gasteiger partial charge is 0.325 e. The molecule has 0 aliphatic rings. The van der Waals surface area contributed by atoms with E-state index >= 15 is 0 Å². The minimum absolute atomic E-state index is 0.0102. The maximum Gasteiger partial charge on any atom is 0.266 e. The van der Waals surface area contributed by atoms with Gasteiger partial charge in [-0.2, -0.15) is 5.10 Å². The van der Waals surface area contributed by atoms with Gasteiger partial charge in [0.05, 0.1) is 22.1 Å². The summed E-state index contributed by atoms with van der Waals surface area (Å²) in [7, 11) is -2.37. The Labute approximate surface area is 143 Å². The lowest BCUT2D eigenvalue weighted by Gasteiger charge is -2.10. The molecule has 0 saturated carbocycles. The molecule has 0 fully saturated rings. The summed E-state index contributed by atoms with van der Waals surface area (Å²) in [4.78, 5) is 10.9. The van der Waals surface area contributed by atoms with E-state index in [4.69, 9.17) is 23.2 Å². The van der Waals surface area contributed by atoms with E-state index < -0.39 is 10.0 Å². The zero-order valence-corrected chi connectivity index (χ0v) is 14.8. The summed E-state index contributed by atoms with van der Waals surface area (Å²) in [5.74, 6) is -0.280. The van der Waals surface area contributed by atoms with Crippen molar-refractivity contribution in [3.05, 3.63) is 34.1 Å². The quantitative estimate of drug-likeness (QED) is 0.857. The van der Waals surface area contributed by atoms with Crippen LogP contribution in [0.15, 0.2) is 23.1 Å². The Bertz CT molecular complexity index is 878. The number of hydrogen-bond donors (Lipinski definition) is 2. The van der Waals surface area contributed by atoms with Crippen LogP contribution in [-0.2, 0) is 21.9 Å². The van der Waals surface area contributed by atoms with Crippen molar-refractivity contribution < 1.29 is 13.2 Å². The number of nitrogens with one attached hydrogen (secondary N) is 2. The molecule has 0 atom stereocenters. The van der Waals surface area contributed by atoms with Crippen LogP contribution in [0.3, 0.4) is 0 Å². The number of carbonyl (C=O) groups is 1. The molecule has 0 saturated heterocycles. The maximum atomic E-state index is 12.5. The van der Waals surface area contributed by atoms with Crippen molar-refractivity contribution in [2.24, 2.45) is 7.05 Å². The average molecular weight is 377 g/mol. The monoisotopic (exact) mass is 376 g/mol. The first-order valence-corrected chi connectivity index (χ1v) is 8.65. The molecule has 0 spiro atoms. The van der Waals surface area contributed by atoms with Crippen LogP contribution in [0.1, 0.15) is 12.6 Å². The number of halogens is 2. The summed E-state index contributed by atoms with van der Waals surface area (Å²) in [6.07, 6.45) is 0. The van der Waals surface area contributed by atoms with Crippen molar-refractivity contribution in [3.8, 4) is 0 Å². The number of aromatic nitrogens is 2. The van der Waals surface area contributed by atoms with Crippen molar-refractivity contribution in [2.45, 2.75) is 18.7 Å². The number of amides is 1. The van der Waals surface area contributed by atoms with E-state index in [1.807, 2.05) is 0 Å². The molecule has 2 N–H and O–H groups in total. The maximum absolute atomic E-state index is 12.5. The molecule has 0 aliphatic carbocycles. The third-order valence-corrected chi connectivity index (χ3v) is 5.29. The normalized spacial score (nSPS) is 11.3. The number of rotatable bonds is 4. The first-order valence-electron chi connectivity index (χ1n) is 6.41. The number of anilines is 2. The summed E-state index contributed by atoms with van der Waals surface area (Å²) in [5.41, 5.74) is 0.909. The van der Waals surface area contributed by atoms with Gasteiger partial charge in [-0.05, 0) is 25.1 Å². The van der Waals surface area contributed by atoms with Gasteiger partial charge in [-0.25, -0.2) is 8.42 Å². The zero-order chi connectivity index (χ0) is 17.4. The molecule has 2 rings (SSSR count). The van der Waals surface area contributed by atoms with Gasteiger partial charge in [-0.1, -0.05) is 23.2 Å². The molecule has 0 bridgehead atoms. The standard InChI is InChI=1S/C13H14Cl2N4O3S/c1-7-12(13(15)19(3)17-7)23(21,22)18-9-4-5-11(10(14)6-9)16-8(2)20/h4-6,18H,1-3H3,(H,16,20). The van der Waals surface area contributed by atoms with E-state index in [0.717, 1.165) is 0 Å². The van der Waals surface area contributed by atoms with Gasteiger partial charge in [0, 0.05) is 14.0 Å². The Hall–Kier alpha value is -1.77. The Morgan fingerprint density at radius 1 is 1.30 bits per heavy atom. The summed E-state index contributed by atoms with van der Waals surface area (Å²) in [6, 6.07) is 4.37. The van der Waals surface area contributed by atoms with Crippen LogP contribution in [0.4, 0.5) is 11.4 Å². The highest BCUT2D eigenvalue weighted by Gasteiger charge is 2.25. The summed E-state index contributed by atoms with van der Waals surface area (Å²) in [6.45, 7) is 2.90. The number of nitrogens with zero attached hydrogens (tertiary/aromatic N) is 2. The lowest BCUT2D eigenvalue weighted by atomic mass is 10.3. The topological polar surface area (TPSA) is 93.1 Å². The molecule has 7 nitrogen and oxygen atoms in total. The Morgan fingerprint density at radius 3 is 2.43 bits per heavy atom. The highest BCUT2D eigenvalue weighted by atomic mass is 35.5. The van der Waals surface area contributed by atoms with Gasteiger partial charge in [0.25, 0.3) is 10.0 Å². The minimum atomic E-state index is -3.92. The van der Waals surface area contributed by atoms with Crippen molar-refractivity contribution in [1.29, 1.82) is 0 Å². The van der Waals surface area contributed by atoms with Crippen LogP contribution in [-0.4, -0.2) is 24.1 Å². The molecule has 0 radical (unpaired) electrons. The molecular weight excluding hydrogens is 363 g/mol. The van der Waals surface area contributed by atoms with E-state index in [1.54, 1.807) is 14.0 Å². The smallest absolute Gasteiger partial charge is 0.266 e. The van der Waals surface area contributed by atoms with Crippen LogP contribution in [0.25, 0.3) is 0 Å². The van der Waals surface area contributed by atoms with E-state index in [1.165, 1.54) is 29.8 Å². The third kappa shape index (κ3) is 3.77. The number of sulfonamides is 1. The molecule has 1 aromatic carbocycles. The Morgan fingerprint density at radius 2 is 1.96 bits per heavy atom. The van der Waals surface area contributed by atoms with Gasteiger partial charge in [0.15, 0.2) is 0 Å². The molecule has 10 heteroatoms. The van der Waals surface area contributed by atoms with Gasteiger partial charge in [0.1, 0.15) is 10.0 Å². The van der Waals surface area contributed by atoms with Gasteiger partial charge in [-0.15, -0.1) is 0 Å². The SMILES string of the molecule is CC(=O)Nc1ccc(NS(=O)(=O)c2c(C)nn(C)c2Cl)cc1Cl. The van der Waals surface area contributed by atoms with Crippen molar-refractivity contribution >= 4 is 50.5 Å². The highest BCUT2D eigenvalue weighted by Crippen LogP contribution is 2.29. The molecule has 1 heterocycles. The fourth-order valence-electron chi connectivity index (χ4n) is 1.99. The predicted octanol–water partition coefficient (Wildman–Crippen LogP) is 2.79. The molecule has 23 heavy (non-hydrogen) atoms. The fourth-order valence-corrected chi connectivity index (χ4v) is 4.02. The lowest BCUT2D eigenvalue weighted by molar-refractivity contribution is -0.114. The Kier molecular flexibility index (Phi) is 4.88. The van der Waals surface area contributed by atoms with Gasteiger partial charge >= 0.3 is 0 Å². The lowest BCUT2D eigenvalue weighted by Crippen LogP contribution is -2.14. The second-order valence-corrected chi connectivity index (χ2v) is 7.19. The molecule has 0 aliphatic heterocycles. The van der Waals surface area contributed by atoms with E-state index in [-0.39, 0.29) is 32.4 Å². The second kappa shape index (κ2) is 6.38. The first kappa shape index (κ1) is 17.6. The number of carbonyl (C=O) groups excluding carboxylic acids is 1. The van der Waals surface area contributed by atoms with Crippen molar-refractivity contribution in [2.75, 3.05) is 10.0 Å². The highest BCUT2D eigenvalue weighted by molar-refractivity contribution is 7.92. The second-order valence-electron chi connectivity index (χ2n) is 4.81. The third-order valence-electron chi connectivity index (χ3n) is 2.90. The molecular formula is C13H14Cl2N4O3S. The van der Waals surface area contributed by atoms with Gasteiger partial charge in [-0.3, -0.25) is 14.2 Å². The molecule has 0 unspecified atom stereocenters. The van der Waals surface area contributed by atoms with Gasteiger partial charge < -0.3 is 5.32 Å².